The molecule has 0 radical (unpaired) electrons. The van der Waals surface area contributed by atoms with Gasteiger partial charge in [-0.25, -0.2) is 0 Å². The van der Waals surface area contributed by atoms with Gasteiger partial charge < -0.3 is 51.1 Å². The molecule has 0 aromatic carbocycles. The fourth-order valence-electron chi connectivity index (χ4n) is 2.81. The molecule has 9 N–H and O–H groups in total. The minimum absolute atomic E-state index is 0.00360. The maximum atomic E-state index is 12.6. The van der Waals surface area contributed by atoms with Gasteiger partial charge in [0, 0.05) is 32.4 Å². The van der Waals surface area contributed by atoms with Gasteiger partial charge in [-0.15, -0.1) is 0 Å². The Labute approximate surface area is 165 Å². The van der Waals surface area contributed by atoms with Gasteiger partial charge in [-0.3, -0.25) is 14.4 Å². The summed E-state index contributed by atoms with van der Waals surface area (Å²) in [6.45, 7) is -1.92. The molecule has 0 saturated carbocycles. The highest BCUT2D eigenvalue weighted by Crippen LogP contribution is 2.20. The molecule has 0 aliphatic carbocycles. The Kier molecular flexibility index (Phi) is 9.85. The van der Waals surface area contributed by atoms with Crippen molar-refractivity contribution < 1.29 is 54.9 Å². The van der Waals surface area contributed by atoms with Crippen molar-refractivity contribution in [1.82, 2.24) is 10.6 Å². The number of hydrogen-bond donors (Lipinski definition) is 9. The molecule has 1 fully saturated rings. The third kappa shape index (κ3) is 6.85. The van der Waals surface area contributed by atoms with E-state index in [4.69, 9.17) is 9.84 Å². The van der Waals surface area contributed by atoms with Gasteiger partial charge in [-0.1, -0.05) is 0 Å². The minimum Gasteiger partial charge on any atom is -0.481 e. The lowest BCUT2D eigenvalue weighted by molar-refractivity contribution is -0.280. The predicted octanol–water partition coefficient (Wildman–Crippen LogP) is -4.61. The van der Waals surface area contributed by atoms with Crippen LogP contribution >= 0.6 is 0 Å². The molecular formula is C16H28N2O11. The van der Waals surface area contributed by atoms with E-state index in [2.05, 4.69) is 10.6 Å². The van der Waals surface area contributed by atoms with E-state index in [0.717, 1.165) is 0 Å². The number of aliphatic hydroxyl groups is 6. The van der Waals surface area contributed by atoms with Crippen LogP contribution in [0.3, 0.4) is 0 Å². The Morgan fingerprint density at radius 2 is 1.62 bits per heavy atom. The van der Waals surface area contributed by atoms with Crippen LogP contribution in [0.25, 0.3) is 0 Å². The summed E-state index contributed by atoms with van der Waals surface area (Å²) in [6, 6.07) is 0. The highest BCUT2D eigenvalue weighted by Gasteiger charge is 2.44. The number of carbonyl (C=O) groups excluding carboxylic acids is 2. The number of nitrogens with one attached hydrogen (secondary N) is 2. The van der Waals surface area contributed by atoms with E-state index in [-0.39, 0.29) is 25.7 Å². The van der Waals surface area contributed by atoms with E-state index >= 15 is 0 Å². The summed E-state index contributed by atoms with van der Waals surface area (Å²) in [5, 5.41) is 70.5. The summed E-state index contributed by atoms with van der Waals surface area (Å²) in [5.41, 5.74) is -1.93. The number of aliphatic hydroxyl groups excluding tert-OH is 6. The van der Waals surface area contributed by atoms with E-state index in [0.29, 0.717) is 0 Å². The molecule has 29 heavy (non-hydrogen) atoms. The van der Waals surface area contributed by atoms with Crippen LogP contribution in [-0.4, -0.2) is 110 Å². The zero-order valence-corrected chi connectivity index (χ0v) is 15.6. The molecule has 2 amide bonds. The Morgan fingerprint density at radius 3 is 2.17 bits per heavy atom. The zero-order chi connectivity index (χ0) is 22.2. The molecular weight excluding hydrogens is 396 g/mol. The standard InChI is InChI=1S/C16H28N2O11/c19-5-4-16(7-20,18-9(21)2-1-3-10(22)23)15(28)17-6-8-11(24)12(25)13(26)14(27)29-8/h8,11-14,19-20,24-27H,1-7H2,(H,17,28)(H,18,21)(H,22,23)/t8-,11+,12+,13-,14+,16-/m0/s1. The Balaban J connectivity index is 2.75. The number of carboxylic acid groups (broad SMARTS) is 1. The largest absolute Gasteiger partial charge is 0.481 e. The van der Waals surface area contributed by atoms with Crippen molar-refractivity contribution in [2.24, 2.45) is 0 Å². The first-order valence-corrected chi connectivity index (χ1v) is 8.98. The molecule has 13 heteroatoms. The number of amides is 2. The topological polar surface area (TPSA) is 226 Å². The molecule has 1 aliphatic rings. The average molecular weight is 424 g/mol. The maximum Gasteiger partial charge on any atom is 0.303 e. The number of rotatable bonds is 11. The lowest BCUT2D eigenvalue weighted by atomic mass is 9.94. The lowest BCUT2D eigenvalue weighted by Gasteiger charge is -2.39. The van der Waals surface area contributed by atoms with Crippen molar-refractivity contribution >= 4 is 17.8 Å². The highest BCUT2D eigenvalue weighted by molar-refractivity contribution is 5.91. The number of ether oxygens (including phenoxy) is 1. The molecule has 1 aliphatic heterocycles. The fourth-order valence-corrected chi connectivity index (χ4v) is 2.81. The first-order chi connectivity index (χ1) is 13.6. The molecule has 1 rings (SSSR count). The van der Waals surface area contributed by atoms with Crippen LogP contribution in [0, 0.1) is 0 Å². The van der Waals surface area contributed by atoms with E-state index in [1.54, 1.807) is 0 Å². The third-order valence-electron chi connectivity index (χ3n) is 4.57. The van der Waals surface area contributed by atoms with Crippen molar-refractivity contribution in [3.63, 3.8) is 0 Å². The summed E-state index contributed by atoms with van der Waals surface area (Å²) >= 11 is 0. The van der Waals surface area contributed by atoms with Crippen LogP contribution in [0.1, 0.15) is 25.7 Å². The van der Waals surface area contributed by atoms with Crippen LogP contribution < -0.4 is 10.6 Å². The quantitative estimate of drug-likeness (QED) is 0.153. The summed E-state index contributed by atoms with van der Waals surface area (Å²) in [5.74, 6) is -2.75. The van der Waals surface area contributed by atoms with Crippen LogP contribution in [0.2, 0.25) is 0 Å². The van der Waals surface area contributed by atoms with Crippen molar-refractivity contribution in [3.05, 3.63) is 0 Å². The minimum atomic E-state index is -1.93. The number of carbonyl (C=O) groups is 3. The van der Waals surface area contributed by atoms with Gasteiger partial charge >= 0.3 is 5.97 Å². The van der Waals surface area contributed by atoms with Gasteiger partial charge in [0.1, 0.15) is 30.0 Å². The van der Waals surface area contributed by atoms with E-state index in [1.807, 2.05) is 0 Å². The van der Waals surface area contributed by atoms with Gasteiger partial charge in [0.2, 0.25) is 11.8 Å². The summed E-state index contributed by atoms with van der Waals surface area (Å²) < 4.78 is 4.92. The second-order valence-corrected chi connectivity index (χ2v) is 6.76. The van der Waals surface area contributed by atoms with Crippen LogP contribution in [0.15, 0.2) is 0 Å². The monoisotopic (exact) mass is 424 g/mol. The third-order valence-corrected chi connectivity index (χ3v) is 4.57. The van der Waals surface area contributed by atoms with Crippen molar-refractivity contribution in [1.29, 1.82) is 0 Å². The van der Waals surface area contributed by atoms with Crippen molar-refractivity contribution in [2.45, 2.75) is 61.9 Å². The molecule has 0 aromatic heterocycles. The van der Waals surface area contributed by atoms with Gasteiger partial charge in [0.15, 0.2) is 6.29 Å². The Morgan fingerprint density at radius 1 is 0.966 bits per heavy atom. The van der Waals surface area contributed by atoms with Crippen LogP contribution in [-0.2, 0) is 19.1 Å². The second-order valence-electron chi connectivity index (χ2n) is 6.76. The summed E-state index contributed by atoms with van der Waals surface area (Å²) in [6.07, 6.45) is -9.06. The zero-order valence-electron chi connectivity index (χ0n) is 15.6. The SMILES string of the molecule is O=C(O)CCCC(=O)N[C@](CO)(CCO)C(=O)NC[C@@H]1O[C@@H](O)[C@@H](O)[C@H](O)[C@@H]1O. The molecule has 0 spiro atoms. The molecule has 0 unspecified atom stereocenters. The van der Waals surface area contributed by atoms with Crippen LogP contribution in [0.4, 0.5) is 0 Å². The fraction of sp³-hybridized carbons (Fsp3) is 0.812. The molecule has 13 nitrogen and oxygen atoms in total. The maximum absolute atomic E-state index is 12.6. The summed E-state index contributed by atoms with van der Waals surface area (Å²) in [4.78, 5) is 35.1. The number of hydrogen-bond acceptors (Lipinski definition) is 10. The molecule has 1 saturated heterocycles. The summed E-state index contributed by atoms with van der Waals surface area (Å²) in [7, 11) is 0. The van der Waals surface area contributed by atoms with Gasteiger partial charge in [-0.2, -0.15) is 0 Å². The van der Waals surface area contributed by atoms with Crippen molar-refractivity contribution in [3.8, 4) is 0 Å². The van der Waals surface area contributed by atoms with E-state index < -0.39 is 73.8 Å². The number of aliphatic carboxylic acids is 1. The van der Waals surface area contributed by atoms with Gasteiger partial charge in [-0.05, 0) is 6.42 Å². The smallest absolute Gasteiger partial charge is 0.303 e. The molecule has 6 atom stereocenters. The highest BCUT2D eigenvalue weighted by atomic mass is 16.6. The second kappa shape index (κ2) is 11.3. The molecule has 168 valence electrons. The number of carboxylic acids is 1. The van der Waals surface area contributed by atoms with E-state index in [1.165, 1.54) is 0 Å². The average Bonchev–Trinajstić information content (AvgIpc) is 2.67. The Hall–Kier alpha value is -1.87. The molecule has 0 bridgehead atoms. The van der Waals surface area contributed by atoms with Crippen molar-refractivity contribution in [2.75, 3.05) is 19.8 Å². The Bertz CT molecular complexity index is 575. The van der Waals surface area contributed by atoms with Crippen LogP contribution in [0.5, 0.6) is 0 Å². The molecule has 0 aromatic rings. The van der Waals surface area contributed by atoms with Gasteiger partial charge in [0.25, 0.3) is 0 Å². The molecule has 1 heterocycles. The lowest BCUT2D eigenvalue weighted by Crippen LogP contribution is -2.64. The first kappa shape index (κ1) is 25.2. The van der Waals surface area contributed by atoms with Gasteiger partial charge in [0.05, 0.1) is 6.61 Å². The van der Waals surface area contributed by atoms with E-state index in [9.17, 15) is 45.0 Å². The normalized spacial score (nSPS) is 29.0. The first-order valence-electron chi connectivity index (χ1n) is 8.98. The predicted molar refractivity (Wildman–Crippen MR) is 93.1 cm³/mol.